The SMILES string of the molecule is CC(O)C(NC(=O)C(CO)NC(=O)C(NC(=O)C(N)CO)C(C)O)C(=O)O. The predicted octanol–water partition coefficient (Wildman–Crippen LogP) is -5.40. The van der Waals surface area contributed by atoms with Gasteiger partial charge in [0, 0.05) is 0 Å². The van der Waals surface area contributed by atoms with Gasteiger partial charge in [-0.2, -0.15) is 0 Å². The second kappa shape index (κ2) is 11.4. The summed E-state index contributed by atoms with van der Waals surface area (Å²) in [7, 11) is 0. The molecule has 0 aromatic carbocycles. The van der Waals surface area contributed by atoms with Crippen LogP contribution in [0.2, 0.25) is 0 Å². The molecule has 3 amide bonds. The summed E-state index contributed by atoms with van der Waals surface area (Å²) in [4.78, 5) is 46.9. The van der Waals surface area contributed by atoms with Crippen LogP contribution in [0.25, 0.3) is 0 Å². The average Bonchev–Trinajstić information content (AvgIpc) is 2.59. The number of carbonyl (C=O) groups excluding carboxylic acids is 3. The van der Waals surface area contributed by atoms with Crippen LogP contribution in [-0.2, 0) is 19.2 Å². The summed E-state index contributed by atoms with van der Waals surface area (Å²) in [6, 6.07) is -6.22. The van der Waals surface area contributed by atoms with Crippen molar-refractivity contribution in [1.29, 1.82) is 0 Å². The van der Waals surface area contributed by atoms with Crippen LogP contribution in [-0.4, -0.2) is 98.8 Å². The first-order chi connectivity index (χ1) is 12.5. The van der Waals surface area contributed by atoms with E-state index in [1.165, 1.54) is 0 Å². The van der Waals surface area contributed by atoms with Gasteiger partial charge in [-0.05, 0) is 13.8 Å². The molecule has 156 valence electrons. The fraction of sp³-hybridized carbons (Fsp3) is 0.714. The number of hydrogen-bond acceptors (Lipinski definition) is 9. The number of aliphatic hydroxyl groups excluding tert-OH is 4. The summed E-state index contributed by atoms with van der Waals surface area (Å²) < 4.78 is 0. The first-order valence-corrected chi connectivity index (χ1v) is 7.93. The monoisotopic (exact) mass is 394 g/mol. The van der Waals surface area contributed by atoms with Gasteiger partial charge in [-0.1, -0.05) is 0 Å². The van der Waals surface area contributed by atoms with Crippen LogP contribution in [0.1, 0.15) is 13.8 Å². The highest BCUT2D eigenvalue weighted by Crippen LogP contribution is 1.99. The molecule has 0 aliphatic rings. The van der Waals surface area contributed by atoms with Crippen molar-refractivity contribution in [2.45, 2.75) is 50.2 Å². The molecule has 0 saturated heterocycles. The number of carboxylic acid groups (broad SMARTS) is 1. The van der Waals surface area contributed by atoms with Gasteiger partial charge in [-0.25, -0.2) is 4.79 Å². The van der Waals surface area contributed by atoms with Crippen molar-refractivity contribution in [1.82, 2.24) is 16.0 Å². The van der Waals surface area contributed by atoms with Gasteiger partial charge in [0.25, 0.3) is 0 Å². The number of nitrogens with two attached hydrogens (primary N) is 1. The maximum atomic E-state index is 12.2. The zero-order valence-electron chi connectivity index (χ0n) is 14.8. The molecule has 0 aliphatic heterocycles. The second-order valence-corrected chi connectivity index (χ2v) is 5.82. The largest absolute Gasteiger partial charge is 0.480 e. The number of nitrogens with one attached hydrogen (secondary N) is 3. The number of aliphatic hydroxyl groups is 4. The van der Waals surface area contributed by atoms with Crippen molar-refractivity contribution >= 4 is 23.7 Å². The Labute approximate surface area is 154 Å². The van der Waals surface area contributed by atoms with E-state index in [1.807, 2.05) is 10.6 Å². The Bertz CT molecular complexity index is 541. The smallest absolute Gasteiger partial charge is 0.328 e. The van der Waals surface area contributed by atoms with Gasteiger partial charge in [-0.15, -0.1) is 0 Å². The Balaban J connectivity index is 5.13. The lowest BCUT2D eigenvalue weighted by atomic mass is 10.1. The van der Waals surface area contributed by atoms with E-state index >= 15 is 0 Å². The minimum absolute atomic E-state index is 0.711. The minimum atomic E-state index is -1.68. The fourth-order valence-corrected chi connectivity index (χ4v) is 1.85. The first kappa shape index (κ1) is 24.7. The molecule has 0 aromatic rings. The molecule has 0 heterocycles. The Morgan fingerprint density at radius 2 is 1.30 bits per heavy atom. The van der Waals surface area contributed by atoms with Crippen molar-refractivity contribution in [3.63, 3.8) is 0 Å². The molecule has 10 N–H and O–H groups in total. The van der Waals surface area contributed by atoms with E-state index in [2.05, 4.69) is 5.32 Å². The van der Waals surface area contributed by atoms with E-state index in [9.17, 15) is 34.5 Å². The fourth-order valence-electron chi connectivity index (χ4n) is 1.85. The zero-order chi connectivity index (χ0) is 21.3. The molecule has 27 heavy (non-hydrogen) atoms. The molecular weight excluding hydrogens is 368 g/mol. The molecule has 0 radical (unpaired) electrons. The third-order valence-corrected chi connectivity index (χ3v) is 3.46. The number of aliphatic carboxylic acids is 1. The van der Waals surface area contributed by atoms with Gasteiger partial charge >= 0.3 is 5.97 Å². The standard InChI is InChI=1S/C14H26N4O9/c1-5(21)9(17-11(23)7(15)3-19)13(25)16-8(4-20)12(24)18-10(6(2)22)14(26)27/h5-10,19-22H,3-4,15H2,1-2H3,(H,16,25)(H,17,23)(H,18,24)(H,26,27). The van der Waals surface area contributed by atoms with Gasteiger partial charge in [0.2, 0.25) is 17.7 Å². The Morgan fingerprint density at radius 1 is 0.815 bits per heavy atom. The molecule has 0 spiro atoms. The number of amides is 3. The lowest BCUT2D eigenvalue weighted by Gasteiger charge is -2.25. The Hall–Kier alpha value is -2.32. The molecule has 13 nitrogen and oxygen atoms in total. The molecule has 6 atom stereocenters. The van der Waals surface area contributed by atoms with Gasteiger partial charge in [0.05, 0.1) is 25.4 Å². The highest BCUT2D eigenvalue weighted by Gasteiger charge is 2.33. The van der Waals surface area contributed by atoms with Gasteiger partial charge in [0.1, 0.15) is 18.1 Å². The minimum Gasteiger partial charge on any atom is -0.480 e. The predicted molar refractivity (Wildman–Crippen MR) is 88.9 cm³/mol. The molecule has 0 fully saturated rings. The summed E-state index contributed by atoms with van der Waals surface area (Å²) >= 11 is 0. The van der Waals surface area contributed by atoms with E-state index in [4.69, 9.17) is 15.9 Å². The third-order valence-electron chi connectivity index (χ3n) is 3.46. The number of hydrogen-bond donors (Lipinski definition) is 9. The van der Waals surface area contributed by atoms with Crippen LogP contribution < -0.4 is 21.7 Å². The van der Waals surface area contributed by atoms with Crippen LogP contribution in [0, 0.1) is 0 Å². The molecule has 0 rings (SSSR count). The Morgan fingerprint density at radius 3 is 1.67 bits per heavy atom. The highest BCUT2D eigenvalue weighted by atomic mass is 16.4. The van der Waals surface area contributed by atoms with E-state index in [0.717, 1.165) is 13.8 Å². The molecule has 0 saturated carbocycles. The van der Waals surface area contributed by atoms with Crippen molar-refractivity contribution in [3.8, 4) is 0 Å². The molecule has 0 aliphatic carbocycles. The molecule has 0 bridgehead atoms. The summed E-state index contributed by atoms with van der Waals surface area (Å²) in [5, 5.41) is 52.1. The third kappa shape index (κ3) is 7.84. The second-order valence-electron chi connectivity index (χ2n) is 5.82. The number of carboxylic acids is 1. The lowest BCUT2D eigenvalue weighted by molar-refractivity contribution is -0.145. The normalized spacial score (nSPS) is 17.6. The highest BCUT2D eigenvalue weighted by molar-refractivity contribution is 5.94. The average molecular weight is 394 g/mol. The van der Waals surface area contributed by atoms with E-state index in [0.29, 0.717) is 0 Å². The van der Waals surface area contributed by atoms with Gasteiger partial charge < -0.3 is 47.2 Å². The quantitative estimate of drug-likeness (QED) is 0.161. The maximum absolute atomic E-state index is 12.2. The summed E-state index contributed by atoms with van der Waals surface area (Å²) in [6.45, 7) is 0.643. The lowest BCUT2D eigenvalue weighted by Crippen LogP contribution is -2.61. The maximum Gasteiger partial charge on any atom is 0.328 e. The van der Waals surface area contributed by atoms with Gasteiger partial charge in [0.15, 0.2) is 6.04 Å². The van der Waals surface area contributed by atoms with Crippen molar-refractivity contribution < 1.29 is 44.7 Å². The van der Waals surface area contributed by atoms with Gasteiger partial charge in [-0.3, -0.25) is 14.4 Å². The van der Waals surface area contributed by atoms with Crippen LogP contribution in [0.5, 0.6) is 0 Å². The molecule has 13 heteroatoms. The van der Waals surface area contributed by atoms with E-state index < -0.39 is 73.3 Å². The van der Waals surface area contributed by atoms with Crippen LogP contribution in [0.15, 0.2) is 0 Å². The zero-order valence-corrected chi connectivity index (χ0v) is 14.8. The topological polar surface area (TPSA) is 232 Å². The molecule has 6 unspecified atom stereocenters. The van der Waals surface area contributed by atoms with Crippen molar-refractivity contribution in [2.75, 3.05) is 13.2 Å². The van der Waals surface area contributed by atoms with E-state index in [-0.39, 0.29) is 0 Å². The first-order valence-electron chi connectivity index (χ1n) is 7.93. The van der Waals surface area contributed by atoms with Crippen LogP contribution >= 0.6 is 0 Å². The van der Waals surface area contributed by atoms with Crippen molar-refractivity contribution in [2.24, 2.45) is 5.73 Å². The molecule has 0 aromatic heterocycles. The molecular formula is C14H26N4O9. The summed E-state index contributed by atoms with van der Waals surface area (Å²) in [5.74, 6) is -4.65. The number of rotatable bonds is 11. The summed E-state index contributed by atoms with van der Waals surface area (Å²) in [6.07, 6.45) is -2.88. The van der Waals surface area contributed by atoms with Crippen LogP contribution in [0.4, 0.5) is 0 Å². The summed E-state index contributed by atoms with van der Waals surface area (Å²) in [5.41, 5.74) is 5.29. The Kier molecular flexibility index (Phi) is 10.4. The number of carbonyl (C=O) groups is 4. The van der Waals surface area contributed by atoms with E-state index in [1.54, 1.807) is 0 Å². The van der Waals surface area contributed by atoms with Crippen LogP contribution in [0.3, 0.4) is 0 Å². The van der Waals surface area contributed by atoms with Crippen molar-refractivity contribution in [3.05, 3.63) is 0 Å².